The van der Waals surface area contributed by atoms with Gasteiger partial charge in [-0.15, -0.1) is 11.3 Å². The number of hydrogen-bond acceptors (Lipinski definition) is 3. The van der Waals surface area contributed by atoms with Gasteiger partial charge < -0.3 is 9.88 Å². The molecular formula is C20H21N3OS. The zero-order valence-corrected chi connectivity index (χ0v) is 15.1. The third kappa shape index (κ3) is 2.89. The number of carbonyl (C=O) groups is 1. The molecule has 1 aromatic carbocycles. The van der Waals surface area contributed by atoms with E-state index in [4.69, 9.17) is 4.98 Å². The number of likely N-dealkylation sites (tertiary alicyclic amines) is 1. The molecule has 0 bridgehead atoms. The second kappa shape index (κ2) is 6.48. The maximum atomic E-state index is 12.6. The third-order valence-electron chi connectivity index (χ3n) is 5.17. The highest BCUT2D eigenvalue weighted by molar-refractivity contribution is 7.09. The lowest BCUT2D eigenvalue weighted by Gasteiger charge is -2.41. The van der Waals surface area contributed by atoms with Crippen molar-refractivity contribution >= 4 is 17.2 Å². The summed E-state index contributed by atoms with van der Waals surface area (Å²) in [5.41, 5.74) is 3.01. The number of nitrogens with zero attached hydrogens (tertiary/aromatic N) is 2. The maximum absolute atomic E-state index is 12.6. The summed E-state index contributed by atoms with van der Waals surface area (Å²) >= 11 is 1.70. The fourth-order valence-electron chi connectivity index (χ4n) is 3.76. The van der Waals surface area contributed by atoms with Crippen LogP contribution in [0.1, 0.15) is 39.6 Å². The summed E-state index contributed by atoms with van der Waals surface area (Å²) in [4.78, 5) is 22.4. The van der Waals surface area contributed by atoms with Gasteiger partial charge in [-0.3, -0.25) is 4.79 Å². The Balaban J connectivity index is 1.63. The Kier molecular flexibility index (Phi) is 4.17. The van der Waals surface area contributed by atoms with E-state index in [1.807, 2.05) is 23.1 Å². The van der Waals surface area contributed by atoms with Gasteiger partial charge in [-0.05, 0) is 37.5 Å². The zero-order valence-electron chi connectivity index (χ0n) is 14.2. The highest BCUT2D eigenvalue weighted by atomic mass is 32.1. The van der Waals surface area contributed by atoms with E-state index in [9.17, 15) is 4.79 Å². The van der Waals surface area contributed by atoms with Crippen molar-refractivity contribution in [2.24, 2.45) is 0 Å². The molecule has 3 heterocycles. The maximum Gasteiger partial charge on any atom is 0.270 e. The van der Waals surface area contributed by atoms with Crippen LogP contribution in [0.5, 0.6) is 0 Å². The lowest BCUT2D eigenvalue weighted by molar-refractivity contribution is 0.0679. The van der Waals surface area contributed by atoms with Crippen molar-refractivity contribution in [3.63, 3.8) is 0 Å². The molecule has 4 nitrogen and oxygen atoms in total. The van der Waals surface area contributed by atoms with E-state index in [1.165, 1.54) is 5.56 Å². The molecule has 0 saturated carbocycles. The minimum Gasteiger partial charge on any atom is -0.357 e. The molecule has 1 fully saturated rings. The van der Waals surface area contributed by atoms with Crippen LogP contribution in [0, 0.1) is 6.92 Å². The largest absolute Gasteiger partial charge is 0.357 e. The molecule has 25 heavy (non-hydrogen) atoms. The number of benzene rings is 1. The molecule has 0 unspecified atom stereocenters. The first-order valence-electron chi connectivity index (χ1n) is 8.60. The van der Waals surface area contributed by atoms with Gasteiger partial charge in [-0.1, -0.05) is 30.3 Å². The van der Waals surface area contributed by atoms with Gasteiger partial charge in [0, 0.05) is 30.1 Å². The van der Waals surface area contributed by atoms with Crippen molar-refractivity contribution in [2.45, 2.75) is 25.2 Å². The highest BCUT2D eigenvalue weighted by Gasteiger charge is 2.40. The summed E-state index contributed by atoms with van der Waals surface area (Å²) in [6.07, 6.45) is 3.59. The summed E-state index contributed by atoms with van der Waals surface area (Å²) in [5.74, 6) is 0.0844. The van der Waals surface area contributed by atoms with Crippen LogP contribution in [0.2, 0.25) is 0 Å². The van der Waals surface area contributed by atoms with Crippen molar-refractivity contribution < 1.29 is 4.79 Å². The molecule has 1 amide bonds. The second-order valence-corrected chi connectivity index (χ2v) is 7.64. The van der Waals surface area contributed by atoms with Crippen molar-refractivity contribution in [2.75, 3.05) is 13.1 Å². The molecule has 1 aliphatic heterocycles. The fraction of sp³-hybridized carbons (Fsp3) is 0.300. The van der Waals surface area contributed by atoms with Gasteiger partial charge in [0.1, 0.15) is 5.69 Å². The number of carbonyl (C=O) groups excluding carboxylic acids is 1. The van der Waals surface area contributed by atoms with Crippen LogP contribution < -0.4 is 0 Å². The molecule has 0 aliphatic carbocycles. The Morgan fingerprint density at radius 2 is 1.92 bits per heavy atom. The molecule has 2 aromatic heterocycles. The Labute approximate surface area is 151 Å². The van der Waals surface area contributed by atoms with Gasteiger partial charge >= 0.3 is 0 Å². The van der Waals surface area contributed by atoms with Crippen LogP contribution in [0.4, 0.5) is 0 Å². The van der Waals surface area contributed by atoms with Crippen LogP contribution in [0.25, 0.3) is 0 Å². The lowest BCUT2D eigenvalue weighted by Crippen LogP contribution is -2.46. The quantitative estimate of drug-likeness (QED) is 0.775. The number of thiazole rings is 1. The minimum absolute atomic E-state index is 0.0844. The molecule has 0 atom stereocenters. The number of amides is 1. The zero-order chi connectivity index (χ0) is 17.3. The Morgan fingerprint density at radius 3 is 2.52 bits per heavy atom. The first-order chi connectivity index (χ1) is 12.2. The summed E-state index contributed by atoms with van der Waals surface area (Å²) < 4.78 is 0. The summed E-state index contributed by atoms with van der Waals surface area (Å²) in [7, 11) is 0. The average molecular weight is 351 g/mol. The summed E-state index contributed by atoms with van der Waals surface area (Å²) in [6.45, 7) is 3.53. The van der Waals surface area contributed by atoms with Gasteiger partial charge in [-0.25, -0.2) is 4.98 Å². The van der Waals surface area contributed by atoms with Crippen LogP contribution in [-0.2, 0) is 5.41 Å². The Hall–Kier alpha value is -2.40. The standard InChI is InChI=1S/C20H21N3OS/c1-15-22-18(14-25-15)20(16-6-3-2-4-7-16)9-12-23(13-10-20)19(24)17-8-5-11-21-17/h2-8,11,14,21H,9-10,12-13H2,1H3. The smallest absolute Gasteiger partial charge is 0.270 e. The van der Waals surface area contributed by atoms with Gasteiger partial charge in [0.25, 0.3) is 5.91 Å². The summed E-state index contributed by atoms with van der Waals surface area (Å²) in [6, 6.07) is 14.3. The van der Waals surface area contributed by atoms with E-state index in [2.05, 4.69) is 41.6 Å². The SMILES string of the molecule is Cc1nc(C2(c3ccccc3)CCN(C(=O)c3ccc[nH]3)CC2)cs1. The molecule has 5 heteroatoms. The molecular weight excluding hydrogens is 330 g/mol. The second-order valence-electron chi connectivity index (χ2n) is 6.58. The first kappa shape index (κ1) is 16.1. The molecule has 4 rings (SSSR count). The number of piperidine rings is 1. The van der Waals surface area contributed by atoms with Crippen LogP contribution >= 0.6 is 11.3 Å². The number of hydrogen-bond donors (Lipinski definition) is 1. The molecule has 0 radical (unpaired) electrons. The van der Waals surface area contributed by atoms with Crippen LogP contribution in [-0.4, -0.2) is 33.9 Å². The number of aromatic amines is 1. The minimum atomic E-state index is -0.0987. The Bertz CT molecular complexity index is 846. The molecule has 0 spiro atoms. The van der Waals surface area contributed by atoms with Crippen molar-refractivity contribution in [1.29, 1.82) is 0 Å². The topological polar surface area (TPSA) is 49.0 Å². The van der Waals surface area contributed by atoms with Crippen molar-refractivity contribution in [1.82, 2.24) is 14.9 Å². The summed E-state index contributed by atoms with van der Waals surface area (Å²) in [5, 5.41) is 3.28. The number of rotatable bonds is 3. The van der Waals surface area contributed by atoms with E-state index < -0.39 is 0 Å². The predicted octanol–water partition coefficient (Wildman–Crippen LogP) is 4.00. The van der Waals surface area contributed by atoms with Crippen molar-refractivity contribution in [3.05, 3.63) is 76.0 Å². The molecule has 1 N–H and O–H groups in total. The molecule has 3 aromatic rings. The van der Waals surface area contributed by atoms with E-state index in [1.54, 1.807) is 17.5 Å². The Morgan fingerprint density at radius 1 is 1.16 bits per heavy atom. The molecule has 128 valence electrons. The lowest BCUT2D eigenvalue weighted by atomic mass is 9.70. The van der Waals surface area contributed by atoms with E-state index in [0.717, 1.165) is 36.6 Å². The average Bonchev–Trinajstić information content (AvgIpc) is 3.34. The first-order valence-corrected chi connectivity index (χ1v) is 9.48. The highest BCUT2D eigenvalue weighted by Crippen LogP contribution is 2.42. The normalized spacial score (nSPS) is 16.8. The monoisotopic (exact) mass is 351 g/mol. The predicted molar refractivity (Wildman–Crippen MR) is 100 cm³/mol. The van der Waals surface area contributed by atoms with Gasteiger partial charge in [-0.2, -0.15) is 0 Å². The van der Waals surface area contributed by atoms with Gasteiger partial charge in [0.2, 0.25) is 0 Å². The molecule has 1 aliphatic rings. The van der Waals surface area contributed by atoms with Crippen LogP contribution in [0.3, 0.4) is 0 Å². The number of aryl methyl sites for hydroxylation is 1. The van der Waals surface area contributed by atoms with Gasteiger partial charge in [0.15, 0.2) is 0 Å². The number of H-pyrrole nitrogens is 1. The third-order valence-corrected chi connectivity index (χ3v) is 5.94. The van der Waals surface area contributed by atoms with Crippen molar-refractivity contribution in [3.8, 4) is 0 Å². The van der Waals surface area contributed by atoms with E-state index in [0.29, 0.717) is 5.69 Å². The number of nitrogens with one attached hydrogen (secondary N) is 1. The molecule has 1 saturated heterocycles. The fourth-order valence-corrected chi connectivity index (χ4v) is 4.47. The van der Waals surface area contributed by atoms with Gasteiger partial charge in [0.05, 0.1) is 10.7 Å². The van der Waals surface area contributed by atoms with E-state index in [-0.39, 0.29) is 11.3 Å². The van der Waals surface area contributed by atoms with E-state index >= 15 is 0 Å². The van der Waals surface area contributed by atoms with Crippen LogP contribution in [0.15, 0.2) is 54.0 Å². The number of aromatic nitrogens is 2.